The van der Waals surface area contributed by atoms with Gasteiger partial charge in [0, 0.05) is 24.8 Å². The van der Waals surface area contributed by atoms with E-state index in [-0.39, 0.29) is 11.9 Å². The van der Waals surface area contributed by atoms with Gasteiger partial charge >= 0.3 is 0 Å². The fourth-order valence-electron chi connectivity index (χ4n) is 2.74. The third-order valence-corrected chi connectivity index (χ3v) is 4.74. The Kier molecular flexibility index (Phi) is 6.15. The molecule has 2 rings (SSSR count). The molecule has 0 atom stereocenters. The number of carbonyl (C=O) groups is 1. The maximum absolute atomic E-state index is 12.1. The van der Waals surface area contributed by atoms with E-state index in [0.717, 1.165) is 38.0 Å². The summed E-state index contributed by atoms with van der Waals surface area (Å²) in [5.74, 6) is -0.0382. The van der Waals surface area contributed by atoms with Gasteiger partial charge in [-0.25, -0.2) is 13.1 Å². The summed E-state index contributed by atoms with van der Waals surface area (Å²) in [6.07, 6.45) is 3.61. The summed E-state index contributed by atoms with van der Waals surface area (Å²) >= 11 is 0. The largest absolute Gasteiger partial charge is 0.325 e. The molecule has 1 saturated heterocycles. The number of aryl methyl sites for hydroxylation is 1. The molecule has 0 unspecified atom stereocenters. The van der Waals surface area contributed by atoms with Crippen molar-refractivity contribution in [2.24, 2.45) is 0 Å². The molecule has 2 N–H and O–H groups in total. The van der Waals surface area contributed by atoms with Gasteiger partial charge in [0.25, 0.3) is 0 Å². The van der Waals surface area contributed by atoms with Crippen LogP contribution in [0.15, 0.2) is 24.3 Å². The number of likely N-dealkylation sites (tertiary alicyclic amines) is 1. The zero-order valence-corrected chi connectivity index (χ0v) is 14.5. The predicted molar refractivity (Wildman–Crippen MR) is 91.9 cm³/mol. The highest BCUT2D eigenvalue weighted by Gasteiger charge is 2.22. The fourth-order valence-corrected chi connectivity index (χ4v) is 3.58. The number of hydrogen-bond donors (Lipinski definition) is 2. The number of sulfonamides is 1. The van der Waals surface area contributed by atoms with E-state index in [1.165, 1.54) is 11.8 Å². The average Bonchev–Trinajstić information content (AvgIpc) is 2.48. The van der Waals surface area contributed by atoms with Crippen molar-refractivity contribution in [2.75, 3.05) is 31.2 Å². The fraction of sp³-hybridized carbons (Fsp3) is 0.562. The number of carbonyl (C=O) groups excluding carboxylic acids is 1. The van der Waals surface area contributed by atoms with Crippen LogP contribution in [0.5, 0.6) is 0 Å². The van der Waals surface area contributed by atoms with Gasteiger partial charge in [-0.15, -0.1) is 0 Å². The molecule has 128 valence electrons. The molecule has 0 aromatic heterocycles. The molecule has 0 spiro atoms. The van der Waals surface area contributed by atoms with Crippen LogP contribution >= 0.6 is 0 Å². The Hall–Kier alpha value is -1.44. The Balaban J connectivity index is 1.76. The zero-order valence-electron chi connectivity index (χ0n) is 13.7. The summed E-state index contributed by atoms with van der Waals surface area (Å²) in [7, 11) is -3.16. The Morgan fingerprint density at radius 2 is 1.83 bits per heavy atom. The first-order valence-corrected chi connectivity index (χ1v) is 9.83. The molecule has 0 radical (unpaired) electrons. The molecule has 1 heterocycles. The van der Waals surface area contributed by atoms with E-state index in [0.29, 0.717) is 6.54 Å². The number of rotatable bonds is 6. The lowest BCUT2D eigenvalue weighted by molar-refractivity contribution is -0.117. The van der Waals surface area contributed by atoms with E-state index in [4.69, 9.17) is 0 Å². The molecule has 1 amide bonds. The predicted octanol–water partition coefficient (Wildman–Crippen LogP) is 1.20. The van der Waals surface area contributed by atoms with E-state index in [2.05, 4.69) is 21.9 Å². The van der Waals surface area contributed by atoms with E-state index in [9.17, 15) is 13.2 Å². The summed E-state index contributed by atoms with van der Waals surface area (Å²) in [4.78, 5) is 14.1. The SMILES string of the molecule is CCc1ccc(NC(=O)CN2CCC(NS(C)(=O)=O)CC2)cc1. The van der Waals surface area contributed by atoms with E-state index >= 15 is 0 Å². The summed E-state index contributed by atoms with van der Waals surface area (Å²) in [5, 5.41) is 2.90. The van der Waals surface area contributed by atoms with Crippen molar-refractivity contribution in [1.29, 1.82) is 0 Å². The van der Waals surface area contributed by atoms with E-state index < -0.39 is 10.0 Å². The van der Waals surface area contributed by atoms with Crippen LogP contribution in [0.4, 0.5) is 5.69 Å². The number of hydrogen-bond acceptors (Lipinski definition) is 4. The Morgan fingerprint density at radius 1 is 1.22 bits per heavy atom. The summed E-state index contributed by atoms with van der Waals surface area (Å²) in [6.45, 7) is 3.86. The molecule has 1 aliphatic heterocycles. The highest BCUT2D eigenvalue weighted by atomic mass is 32.2. The number of anilines is 1. The Morgan fingerprint density at radius 3 is 2.35 bits per heavy atom. The van der Waals surface area contributed by atoms with Crippen molar-refractivity contribution >= 4 is 21.6 Å². The van der Waals surface area contributed by atoms with Crippen LogP contribution in [0.1, 0.15) is 25.3 Å². The van der Waals surface area contributed by atoms with Crippen molar-refractivity contribution in [3.63, 3.8) is 0 Å². The molecule has 1 aromatic rings. The standard InChI is InChI=1S/C16H25N3O3S/c1-3-13-4-6-14(7-5-13)17-16(20)12-19-10-8-15(9-11-19)18-23(2,21)22/h4-7,15,18H,3,8-12H2,1-2H3,(H,17,20). The van der Waals surface area contributed by atoms with Gasteiger partial charge in [-0.1, -0.05) is 19.1 Å². The van der Waals surface area contributed by atoms with Gasteiger partial charge < -0.3 is 5.32 Å². The summed E-state index contributed by atoms with van der Waals surface area (Å²) in [5.41, 5.74) is 2.05. The van der Waals surface area contributed by atoms with Crippen LogP contribution < -0.4 is 10.0 Å². The van der Waals surface area contributed by atoms with Crippen molar-refractivity contribution in [3.05, 3.63) is 29.8 Å². The highest BCUT2D eigenvalue weighted by molar-refractivity contribution is 7.88. The minimum atomic E-state index is -3.16. The molecule has 23 heavy (non-hydrogen) atoms. The number of nitrogens with zero attached hydrogens (tertiary/aromatic N) is 1. The van der Waals surface area contributed by atoms with Crippen LogP contribution in [-0.2, 0) is 21.2 Å². The third-order valence-electron chi connectivity index (χ3n) is 3.98. The summed E-state index contributed by atoms with van der Waals surface area (Å²) < 4.78 is 25.1. The topological polar surface area (TPSA) is 78.5 Å². The molecule has 1 fully saturated rings. The van der Waals surface area contributed by atoms with Gasteiger partial charge in [0.15, 0.2) is 0 Å². The molecule has 6 nitrogen and oxygen atoms in total. The quantitative estimate of drug-likeness (QED) is 0.816. The van der Waals surface area contributed by atoms with Gasteiger partial charge in [0.1, 0.15) is 0 Å². The first-order valence-electron chi connectivity index (χ1n) is 7.94. The minimum Gasteiger partial charge on any atom is -0.325 e. The van der Waals surface area contributed by atoms with Crippen LogP contribution in [-0.4, -0.2) is 51.2 Å². The minimum absolute atomic E-state index is 0.0223. The molecule has 1 aromatic carbocycles. The van der Waals surface area contributed by atoms with Crippen molar-refractivity contribution in [1.82, 2.24) is 9.62 Å². The molecule has 0 aliphatic carbocycles. The van der Waals surface area contributed by atoms with Gasteiger partial charge in [0.05, 0.1) is 12.8 Å². The third kappa shape index (κ3) is 6.29. The summed E-state index contributed by atoms with van der Waals surface area (Å²) in [6, 6.07) is 7.83. The Labute approximate surface area is 138 Å². The average molecular weight is 339 g/mol. The molecule has 0 bridgehead atoms. The van der Waals surface area contributed by atoms with E-state index in [1.807, 2.05) is 24.3 Å². The smallest absolute Gasteiger partial charge is 0.238 e. The van der Waals surface area contributed by atoms with Gasteiger partial charge in [0.2, 0.25) is 15.9 Å². The molecular formula is C16H25N3O3S. The molecule has 0 saturated carbocycles. The van der Waals surface area contributed by atoms with Crippen molar-refractivity contribution in [3.8, 4) is 0 Å². The number of piperidine rings is 1. The van der Waals surface area contributed by atoms with Crippen LogP contribution in [0.25, 0.3) is 0 Å². The monoisotopic (exact) mass is 339 g/mol. The van der Waals surface area contributed by atoms with Crippen molar-refractivity contribution < 1.29 is 13.2 Å². The molecule has 1 aliphatic rings. The highest BCUT2D eigenvalue weighted by Crippen LogP contribution is 2.12. The van der Waals surface area contributed by atoms with Crippen LogP contribution in [0.3, 0.4) is 0 Å². The molecule has 7 heteroatoms. The second-order valence-corrected chi connectivity index (χ2v) is 7.82. The van der Waals surface area contributed by atoms with Gasteiger partial charge in [-0.3, -0.25) is 9.69 Å². The number of amides is 1. The second kappa shape index (κ2) is 7.90. The van der Waals surface area contributed by atoms with E-state index in [1.54, 1.807) is 0 Å². The number of benzene rings is 1. The maximum atomic E-state index is 12.1. The van der Waals surface area contributed by atoms with Gasteiger partial charge in [-0.05, 0) is 37.0 Å². The van der Waals surface area contributed by atoms with Gasteiger partial charge in [-0.2, -0.15) is 0 Å². The first-order chi connectivity index (χ1) is 10.9. The first kappa shape index (κ1) is 17.9. The lowest BCUT2D eigenvalue weighted by atomic mass is 10.1. The normalized spacial score (nSPS) is 17.1. The number of nitrogens with one attached hydrogen (secondary N) is 2. The lowest BCUT2D eigenvalue weighted by Crippen LogP contribution is -2.46. The van der Waals surface area contributed by atoms with Crippen LogP contribution in [0, 0.1) is 0 Å². The van der Waals surface area contributed by atoms with Crippen LogP contribution in [0.2, 0.25) is 0 Å². The lowest BCUT2D eigenvalue weighted by Gasteiger charge is -2.31. The Bertz CT molecular complexity index is 620. The molecular weight excluding hydrogens is 314 g/mol. The maximum Gasteiger partial charge on any atom is 0.238 e. The zero-order chi connectivity index (χ0) is 16.9. The second-order valence-electron chi connectivity index (χ2n) is 6.04. The van der Waals surface area contributed by atoms with Crippen molar-refractivity contribution in [2.45, 2.75) is 32.2 Å².